The molecule has 10 N–H and O–H groups in total. The van der Waals surface area contributed by atoms with Crippen molar-refractivity contribution in [2.75, 3.05) is 13.1 Å². The van der Waals surface area contributed by atoms with Crippen molar-refractivity contribution < 1.29 is 29.4 Å². The summed E-state index contributed by atoms with van der Waals surface area (Å²) in [5.41, 5.74) is 17.6. The van der Waals surface area contributed by atoms with Crippen LogP contribution in [0.3, 0.4) is 0 Å². The molecule has 2 rings (SSSR count). The molecule has 0 radical (unpaired) electrons. The molecule has 0 aliphatic carbocycles. The molecule has 1 aromatic rings. The Bertz CT molecular complexity index is 1010. The first-order valence-electron chi connectivity index (χ1n) is 12.6. The number of rotatable bonds is 13. The topological polar surface area (TPSA) is 226 Å². The Morgan fingerprint density at radius 3 is 2.37 bits per heavy atom. The molecule has 13 heteroatoms. The maximum Gasteiger partial charge on any atom is 0.326 e. The zero-order valence-corrected chi connectivity index (χ0v) is 21.8. The summed E-state index contributed by atoms with van der Waals surface area (Å²) in [4.78, 5) is 56.2. The Hall–Kier alpha value is -3.87. The van der Waals surface area contributed by atoms with Crippen molar-refractivity contribution in [2.45, 2.75) is 70.1 Å². The van der Waals surface area contributed by atoms with Crippen molar-refractivity contribution in [3.8, 4) is 5.75 Å². The van der Waals surface area contributed by atoms with E-state index in [-0.39, 0.29) is 37.0 Å². The number of carbonyl (C=O) groups excluding carboxylic acids is 3. The molecule has 0 spiro atoms. The van der Waals surface area contributed by atoms with Crippen LogP contribution in [-0.2, 0) is 25.6 Å². The van der Waals surface area contributed by atoms with E-state index in [0.29, 0.717) is 25.8 Å². The average Bonchev–Trinajstić information content (AvgIpc) is 3.34. The zero-order chi connectivity index (χ0) is 28.4. The fourth-order valence-electron chi connectivity index (χ4n) is 4.30. The van der Waals surface area contributed by atoms with Crippen molar-refractivity contribution >= 4 is 29.7 Å². The maximum absolute atomic E-state index is 13.3. The Morgan fingerprint density at radius 2 is 1.79 bits per heavy atom. The van der Waals surface area contributed by atoms with Gasteiger partial charge >= 0.3 is 5.97 Å². The van der Waals surface area contributed by atoms with Gasteiger partial charge in [-0.2, -0.15) is 0 Å². The number of aromatic hydroxyl groups is 1. The van der Waals surface area contributed by atoms with E-state index in [4.69, 9.17) is 17.2 Å². The van der Waals surface area contributed by atoms with Crippen molar-refractivity contribution in [3.63, 3.8) is 0 Å². The number of carboxylic acid groups (broad SMARTS) is 1. The van der Waals surface area contributed by atoms with E-state index in [9.17, 15) is 29.4 Å². The van der Waals surface area contributed by atoms with Gasteiger partial charge in [-0.3, -0.25) is 19.4 Å². The lowest BCUT2D eigenvalue weighted by molar-refractivity contribution is -0.144. The number of aliphatic imine (C=N–C) groups is 1. The van der Waals surface area contributed by atoms with Crippen LogP contribution in [0.2, 0.25) is 0 Å². The normalized spacial score (nSPS) is 17.4. The lowest BCUT2D eigenvalue weighted by atomic mass is 10.0. The van der Waals surface area contributed by atoms with Crippen LogP contribution in [0.4, 0.5) is 0 Å². The van der Waals surface area contributed by atoms with Gasteiger partial charge in [-0.05, 0) is 55.7 Å². The molecule has 3 amide bonds. The number of likely N-dealkylation sites (tertiary alicyclic amines) is 1. The second-order valence-electron chi connectivity index (χ2n) is 9.75. The number of nitrogens with zero attached hydrogens (tertiary/aromatic N) is 2. The minimum absolute atomic E-state index is 0.102. The van der Waals surface area contributed by atoms with E-state index < -0.39 is 47.9 Å². The second kappa shape index (κ2) is 14.2. The highest BCUT2D eigenvalue weighted by molar-refractivity contribution is 5.94. The van der Waals surface area contributed by atoms with Gasteiger partial charge in [0, 0.05) is 13.1 Å². The summed E-state index contributed by atoms with van der Waals surface area (Å²) in [6.45, 7) is 3.88. The van der Waals surface area contributed by atoms with Crippen molar-refractivity contribution in [2.24, 2.45) is 28.1 Å². The third kappa shape index (κ3) is 8.91. The van der Waals surface area contributed by atoms with E-state index >= 15 is 0 Å². The lowest BCUT2D eigenvalue weighted by Gasteiger charge is -2.29. The standard InChI is InChI=1S/C25H39N7O6/c1-14(2)20(24(37)38)31-21(34)18(5-3-11-29-25(27)28)30-22(35)19-6-4-12-32(19)23(36)17(26)13-15-7-9-16(33)10-8-15/h7-10,14,17-20,33H,3-6,11-13,26H2,1-2H3,(H,30,35)(H,31,34)(H,37,38)(H4,27,28,29)/t17-,18-,19-,20-/m0/s1. The highest BCUT2D eigenvalue weighted by Gasteiger charge is 2.38. The molecule has 1 aliphatic rings. The van der Waals surface area contributed by atoms with Gasteiger partial charge in [0.2, 0.25) is 17.7 Å². The SMILES string of the molecule is CC(C)[C@H](NC(=O)[C@H](CCCN=C(N)N)NC(=O)[C@@H]1CCCN1C(=O)[C@@H](N)Cc1ccc(O)cc1)C(=O)O. The van der Waals surface area contributed by atoms with Gasteiger partial charge < -0.3 is 42.9 Å². The lowest BCUT2D eigenvalue weighted by Crippen LogP contribution is -2.57. The van der Waals surface area contributed by atoms with E-state index in [1.54, 1.807) is 26.0 Å². The van der Waals surface area contributed by atoms with Crippen LogP contribution in [0, 0.1) is 5.92 Å². The number of nitrogens with one attached hydrogen (secondary N) is 2. The number of guanidine groups is 1. The summed E-state index contributed by atoms with van der Waals surface area (Å²) < 4.78 is 0. The summed E-state index contributed by atoms with van der Waals surface area (Å²) in [5.74, 6) is -3.14. The third-order valence-corrected chi connectivity index (χ3v) is 6.36. The highest BCUT2D eigenvalue weighted by atomic mass is 16.4. The number of amides is 3. The number of benzene rings is 1. The summed E-state index contributed by atoms with van der Waals surface area (Å²) in [7, 11) is 0. The van der Waals surface area contributed by atoms with E-state index in [2.05, 4.69) is 15.6 Å². The quantitative estimate of drug-likeness (QED) is 0.0937. The largest absolute Gasteiger partial charge is 0.508 e. The molecule has 1 heterocycles. The number of carbonyl (C=O) groups is 4. The number of nitrogens with two attached hydrogens (primary N) is 3. The first kappa shape index (κ1) is 30.4. The van der Waals surface area contributed by atoms with Crippen LogP contribution in [0.25, 0.3) is 0 Å². The summed E-state index contributed by atoms with van der Waals surface area (Å²) in [5, 5.41) is 24.1. The summed E-state index contributed by atoms with van der Waals surface area (Å²) in [6, 6.07) is 2.45. The van der Waals surface area contributed by atoms with Crippen LogP contribution < -0.4 is 27.8 Å². The molecule has 38 heavy (non-hydrogen) atoms. The molecule has 1 fully saturated rings. The molecule has 0 saturated carbocycles. The first-order chi connectivity index (χ1) is 17.9. The molecule has 4 atom stereocenters. The Kier molecular flexibility index (Phi) is 11.3. The zero-order valence-electron chi connectivity index (χ0n) is 21.8. The summed E-state index contributed by atoms with van der Waals surface area (Å²) >= 11 is 0. The molecule has 1 aromatic carbocycles. The van der Waals surface area contributed by atoms with Gasteiger partial charge in [0.05, 0.1) is 6.04 Å². The van der Waals surface area contributed by atoms with Crippen molar-refractivity contribution in [3.05, 3.63) is 29.8 Å². The van der Waals surface area contributed by atoms with Crippen LogP contribution >= 0.6 is 0 Å². The van der Waals surface area contributed by atoms with E-state index in [0.717, 1.165) is 5.56 Å². The molecule has 1 aliphatic heterocycles. The van der Waals surface area contributed by atoms with Gasteiger partial charge in [0.1, 0.15) is 23.9 Å². The van der Waals surface area contributed by atoms with Gasteiger partial charge in [0.15, 0.2) is 5.96 Å². The number of phenolic OH excluding ortho intramolecular Hbond substituents is 1. The molecular weight excluding hydrogens is 494 g/mol. The van der Waals surface area contributed by atoms with Crippen molar-refractivity contribution in [1.82, 2.24) is 15.5 Å². The minimum Gasteiger partial charge on any atom is -0.508 e. The molecule has 0 unspecified atom stereocenters. The van der Waals surface area contributed by atoms with Gasteiger partial charge in [-0.15, -0.1) is 0 Å². The monoisotopic (exact) mass is 533 g/mol. The molecule has 210 valence electrons. The van der Waals surface area contributed by atoms with Crippen LogP contribution in [0.15, 0.2) is 29.3 Å². The molecule has 0 bridgehead atoms. The number of carboxylic acids is 1. The molecule has 1 saturated heterocycles. The Balaban J connectivity index is 2.11. The predicted molar refractivity (Wildman–Crippen MR) is 141 cm³/mol. The van der Waals surface area contributed by atoms with E-state index in [1.165, 1.54) is 17.0 Å². The maximum atomic E-state index is 13.3. The fraction of sp³-hybridized carbons (Fsp3) is 0.560. The van der Waals surface area contributed by atoms with E-state index in [1.807, 2.05) is 0 Å². The first-order valence-corrected chi connectivity index (χ1v) is 12.6. The number of aliphatic carboxylic acids is 1. The van der Waals surface area contributed by atoms with Crippen LogP contribution in [-0.4, -0.2) is 82.0 Å². The second-order valence-corrected chi connectivity index (χ2v) is 9.75. The van der Waals surface area contributed by atoms with Crippen molar-refractivity contribution in [1.29, 1.82) is 0 Å². The van der Waals surface area contributed by atoms with Crippen LogP contribution in [0.1, 0.15) is 45.1 Å². The molecule has 13 nitrogen and oxygen atoms in total. The molecular formula is C25H39N7O6. The third-order valence-electron chi connectivity index (χ3n) is 6.36. The average molecular weight is 534 g/mol. The number of hydrogen-bond donors (Lipinski definition) is 7. The minimum atomic E-state index is -1.19. The van der Waals surface area contributed by atoms with Gasteiger partial charge in [-0.25, -0.2) is 4.79 Å². The molecule has 0 aromatic heterocycles. The summed E-state index contributed by atoms with van der Waals surface area (Å²) in [6.07, 6.45) is 1.72. The van der Waals surface area contributed by atoms with Gasteiger partial charge in [0.25, 0.3) is 0 Å². The Morgan fingerprint density at radius 1 is 1.13 bits per heavy atom. The smallest absolute Gasteiger partial charge is 0.326 e. The van der Waals surface area contributed by atoms with Gasteiger partial charge in [-0.1, -0.05) is 26.0 Å². The fourth-order valence-corrected chi connectivity index (χ4v) is 4.30. The Labute approximate surface area is 221 Å². The van der Waals surface area contributed by atoms with Crippen LogP contribution in [0.5, 0.6) is 5.75 Å². The number of phenols is 1. The number of hydrogen-bond acceptors (Lipinski definition) is 7. The highest BCUT2D eigenvalue weighted by Crippen LogP contribution is 2.20. The predicted octanol–water partition coefficient (Wildman–Crippen LogP) is -0.983.